The fraction of sp³-hybridized carbons (Fsp3) is 0.579. The molecule has 1 amide bonds. The van der Waals surface area contributed by atoms with Crippen LogP contribution in [0, 0.1) is 12.8 Å². The summed E-state index contributed by atoms with van der Waals surface area (Å²) in [6, 6.07) is 8.47. The molecule has 0 radical (unpaired) electrons. The largest absolute Gasteiger partial charge is 0.381 e. The number of guanidine groups is 1. The summed E-state index contributed by atoms with van der Waals surface area (Å²) in [4.78, 5) is 20.0. The van der Waals surface area contributed by atoms with Crippen molar-refractivity contribution in [2.75, 3.05) is 47.4 Å². The number of nitrogens with one attached hydrogen (secondary N) is 1. The van der Waals surface area contributed by atoms with Crippen molar-refractivity contribution in [2.45, 2.75) is 19.9 Å². The molecule has 0 aliphatic carbocycles. The number of halogens is 1. The van der Waals surface area contributed by atoms with Crippen LogP contribution in [0.2, 0.25) is 0 Å². The van der Waals surface area contributed by atoms with Crippen LogP contribution in [0.1, 0.15) is 17.5 Å². The molecule has 1 aliphatic rings. The van der Waals surface area contributed by atoms with Gasteiger partial charge in [0.25, 0.3) is 0 Å². The Kier molecular flexibility index (Phi) is 9.93. The molecule has 26 heavy (non-hydrogen) atoms. The van der Waals surface area contributed by atoms with E-state index in [2.05, 4.69) is 46.4 Å². The average Bonchev–Trinajstić information content (AvgIpc) is 3.10. The van der Waals surface area contributed by atoms with Crippen LogP contribution in [-0.4, -0.2) is 69.1 Å². The monoisotopic (exact) mass is 474 g/mol. The highest BCUT2D eigenvalue weighted by Crippen LogP contribution is 2.11. The van der Waals surface area contributed by atoms with Gasteiger partial charge in [-0.1, -0.05) is 29.8 Å². The van der Waals surface area contributed by atoms with Gasteiger partial charge < -0.3 is 19.9 Å². The summed E-state index contributed by atoms with van der Waals surface area (Å²) in [5.74, 6) is 1.25. The van der Waals surface area contributed by atoms with Crippen molar-refractivity contribution in [1.82, 2.24) is 15.1 Å². The Hall–Kier alpha value is -1.35. The van der Waals surface area contributed by atoms with E-state index in [0.29, 0.717) is 5.92 Å². The third-order valence-electron chi connectivity index (χ3n) is 4.34. The first-order valence-corrected chi connectivity index (χ1v) is 8.78. The lowest BCUT2D eigenvalue weighted by molar-refractivity contribution is -0.127. The number of aryl methyl sites for hydroxylation is 1. The number of carbonyl (C=O) groups excluding carboxylic acids is 1. The second kappa shape index (κ2) is 11.4. The van der Waals surface area contributed by atoms with E-state index in [-0.39, 0.29) is 36.4 Å². The standard InChI is InChI=1S/C19H30N4O2.HI/c1-15-5-7-16(8-6-15)13-23(4)19(21-12-18(24)22(2)3)20-11-17-9-10-25-14-17;/h5-8,17H,9-14H2,1-4H3,(H,20,21);1H. The molecular weight excluding hydrogens is 443 g/mol. The van der Waals surface area contributed by atoms with Crippen LogP contribution in [-0.2, 0) is 16.1 Å². The van der Waals surface area contributed by atoms with E-state index in [0.717, 1.165) is 38.7 Å². The maximum absolute atomic E-state index is 11.9. The molecule has 1 atom stereocenters. The molecule has 7 heteroatoms. The molecule has 1 fully saturated rings. The smallest absolute Gasteiger partial charge is 0.243 e. The minimum absolute atomic E-state index is 0. The number of carbonyl (C=O) groups is 1. The Morgan fingerprint density at radius 2 is 1.96 bits per heavy atom. The molecule has 1 aromatic carbocycles. The first-order chi connectivity index (χ1) is 12.0. The number of hydrogen-bond donors (Lipinski definition) is 1. The van der Waals surface area contributed by atoms with Gasteiger partial charge in [-0.15, -0.1) is 24.0 Å². The van der Waals surface area contributed by atoms with E-state index in [4.69, 9.17) is 4.74 Å². The minimum atomic E-state index is -0.00719. The molecule has 1 saturated heterocycles. The SMILES string of the molecule is Cc1ccc(CN(C)C(=NCC(=O)N(C)C)NCC2CCOC2)cc1.I. The molecule has 1 unspecified atom stereocenters. The van der Waals surface area contributed by atoms with Crippen LogP contribution in [0.25, 0.3) is 0 Å². The molecule has 2 rings (SSSR count). The van der Waals surface area contributed by atoms with Gasteiger partial charge in [-0.2, -0.15) is 0 Å². The summed E-state index contributed by atoms with van der Waals surface area (Å²) < 4.78 is 5.43. The third kappa shape index (κ3) is 7.49. The zero-order chi connectivity index (χ0) is 18.2. The number of amides is 1. The van der Waals surface area contributed by atoms with Gasteiger partial charge in [-0.25, -0.2) is 4.99 Å². The molecule has 146 valence electrons. The molecule has 1 aromatic rings. The number of benzene rings is 1. The van der Waals surface area contributed by atoms with Crippen molar-refractivity contribution in [3.63, 3.8) is 0 Å². The highest BCUT2D eigenvalue weighted by atomic mass is 127. The van der Waals surface area contributed by atoms with Gasteiger partial charge in [0.2, 0.25) is 5.91 Å². The van der Waals surface area contributed by atoms with Gasteiger partial charge in [-0.3, -0.25) is 4.79 Å². The first-order valence-electron chi connectivity index (χ1n) is 8.78. The zero-order valence-electron chi connectivity index (χ0n) is 16.2. The number of aliphatic imine (C=N–C) groups is 1. The summed E-state index contributed by atoms with van der Waals surface area (Å²) in [5.41, 5.74) is 2.46. The van der Waals surface area contributed by atoms with E-state index in [1.165, 1.54) is 11.1 Å². The highest BCUT2D eigenvalue weighted by molar-refractivity contribution is 14.0. The van der Waals surface area contributed by atoms with Crippen LogP contribution < -0.4 is 5.32 Å². The van der Waals surface area contributed by atoms with E-state index in [1.54, 1.807) is 19.0 Å². The number of ether oxygens (including phenoxy) is 1. The van der Waals surface area contributed by atoms with Crippen LogP contribution >= 0.6 is 24.0 Å². The van der Waals surface area contributed by atoms with Crippen LogP contribution in [0.15, 0.2) is 29.3 Å². The van der Waals surface area contributed by atoms with Gasteiger partial charge >= 0.3 is 0 Å². The van der Waals surface area contributed by atoms with Gasteiger partial charge in [-0.05, 0) is 18.9 Å². The first kappa shape index (κ1) is 22.7. The van der Waals surface area contributed by atoms with E-state index < -0.39 is 0 Å². The van der Waals surface area contributed by atoms with Crippen LogP contribution in [0.5, 0.6) is 0 Å². The molecule has 0 saturated carbocycles. The normalized spacial score (nSPS) is 16.8. The van der Waals surface area contributed by atoms with Crippen molar-refractivity contribution < 1.29 is 9.53 Å². The average molecular weight is 474 g/mol. The highest BCUT2D eigenvalue weighted by Gasteiger charge is 2.17. The van der Waals surface area contributed by atoms with E-state index in [9.17, 15) is 4.79 Å². The maximum Gasteiger partial charge on any atom is 0.243 e. The summed E-state index contributed by atoms with van der Waals surface area (Å²) in [5, 5.41) is 3.41. The second-order valence-corrected chi connectivity index (χ2v) is 6.88. The topological polar surface area (TPSA) is 57.2 Å². The third-order valence-corrected chi connectivity index (χ3v) is 4.34. The summed E-state index contributed by atoms with van der Waals surface area (Å²) in [7, 11) is 5.49. The summed E-state index contributed by atoms with van der Waals surface area (Å²) in [6.07, 6.45) is 1.07. The number of nitrogens with zero attached hydrogens (tertiary/aromatic N) is 3. The quantitative estimate of drug-likeness (QED) is 0.390. The Morgan fingerprint density at radius 1 is 1.27 bits per heavy atom. The zero-order valence-corrected chi connectivity index (χ0v) is 18.5. The summed E-state index contributed by atoms with van der Waals surface area (Å²) >= 11 is 0. The predicted molar refractivity (Wildman–Crippen MR) is 116 cm³/mol. The fourth-order valence-electron chi connectivity index (χ4n) is 2.62. The Morgan fingerprint density at radius 3 is 2.54 bits per heavy atom. The molecule has 1 N–H and O–H groups in total. The molecule has 0 spiro atoms. The van der Waals surface area contributed by atoms with Crippen molar-refractivity contribution >= 4 is 35.8 Å². The second-order valence-electron chi connectivity index (χ2n) is 6.88. The van der Waals surface area contributed by atoms with Crippen LogP contribution in [0.3, 0.4) is 0 Å². The lowest BCUT2D eigenvalue weighted by atomic mass is 10.1. The van der Waals surface area contributed by atoms with Crippen molar-refractivity contribution in [3.8, 4) is 0 Å². The van der Waals surface area contributed by atoms with Crippen molar-refractivity contribution in [1.29, 1.82) is 0 Å². The Labute approximate surface area is 174 Å². The van der Waals surface area contributed by atoms with Gasteiger partial charge in [0.15, 0.2) is 5.96 Å². The van der Waals surface area contributed by atoms with Gasteiger partial charge in [0, 0.05) is 46.8 Å². The minimum Gasteiger partial charge on any atom is -0.381 e. The molecule has 1 aliphatic heterocycles. The molecule has 6 nitrogen and oxygen atoms in total. The lowest BCUT2D eigenvalue weighted by Gasteiger charge is -2.24. The van der Waals surface area contributed by atoms with Crippen LogP contribution in [0.4, 0.5) is 0 Å². The van der Waals surface area contributed by atoms with Gasteiger partial charge in [0.1, 0.15) is 6.54 Å². The summed E-state index contributed by atoms with van der Waals surface area (Å²) in [6.45, 7) is 5.40. The van der Waals surface area contributed by atoms with Gasteiger partial charge in [0.05, 0.1) is 6.61 Å². The lowest BCUT2D eigenvalue weighted by Crippen LogP contribution is -2.41. The Bertz CT molecular complexity index is 584. The van der Waals surface area contributed by atoms with Crippen molar-refractivity contribution in [2.24, 2.45) is 10.9 Å². The molecule has 1 heterocycles. The van der Waals surface area contributed by atoms with Crippen molar-refractivity contribution in [3.05, 3.63) is 35.4 Å². The molecule has 0 bridgehead atoms. The fourth-order valence-corrected chi connectivity index (χ4v) is 2.62. The number of rotatable bonds is 6. The van der Waals surface area contributed by atoms with E-state index in [1.807, 2.05) is 7.05 Å². The number of likely N-dealkylation sites (N-methyl/N-ethyl adjacent to an activating group) is 1. The Balaban J connectivity index is 0.00000338. The predicted octanol–water partition coefficient (Wildman–Crippen LogP) is 2.12. The number of hydrogen-bond acceptors (Lipinski definition) is 3. The van der Waals surface area contributed by atoms with E-state index >= 15 is 0 Å². The molecule has 0 aromatic heterocycles. The molecular formula is C19H31IN4O2. The maximum atomic E-state index is 11.9.